The number of nitrogens with one attached hydrogen (secondary N) is 1. The molecule has 1 aliphatic heterocycles. The Hall–Kier alpha value is -1.85. The van der Waals surface area contributed by atoms with Gasteiger partial charge in [-0.1, -0.05) is 0 Å². The number of ether oxygens (including phenoxy) is 1. The van der Waals surface area contributed by atoms with E-state index in [2.05, 4.69) is 9.46 Å². The van der Waals surface area contributed by atoms with Gasteiger partial charge in [0.05, 0.1) is 11.4 Å². The summed E-state index contributed by atoms with van der Waals surface area (Å²) in [5.41, 5.74) is 5.57. The Morgan fingerprint density at radius 3 is 2.52 bits per heavy atom. The number of amides is 1. The van der Waals surface area contributed by atoms with Gasteiger partial charge in [0.25, 0.3) is 0 Å². The van der Waals surface area contributed by atoms with Gasteiger partial charge in [-0.05, 0) is 37.1 Å². The molecule has 1 aromatic rings. The lowest BCUT2D eigenvalue weighted by Gasteiger charge is -2.23. The molecule has 0 spiro atoms. The summed E-state index contributed by atoms with van der Waals surface area (Å²) in [5.74, 6) is -0.932. The minimum Gasteiger partial charge on any atom is -0.406 e. The van der Waals surface area contributed by atoms with Gasteiger partial charge < -0.3 is 15.4 Å². The number of nitrogens with two attached hydrogens (primary N) is 1. The van der Waals surface area contributed by atoms with Crippen LogP contribution in [0.1, 0.15) is 12.8 Å². The highest BCUT2D eigenvalue weighted by Crippen LogP contribution is 2.24. The summed E-state index contributed by atoms with van der Waals surface area (Å²) in [7, 11) is -4.04. The lowest BCUT2D eigenvalue weighted by molar-refractivity contribution is -0.274. The highest BCUT2D eigenvalue weighted by molar-refractivity contribution is 7.89. The van der Waals surface area contributed by atoms with Crippen molar-refractivity contribution >= 4 is 15.9 Å². The van der Waals surface area contributed by atoms with Crippen molar-refractivity contribution in [3.63, 3.8) is 0 Å². The molecule has 1 amide bonds. The predicted octanol–water partition coefficient (Wildman–Crippen LogP) is 0.813. The van der Waals surface area contributed by atoms with Crippen LogP contribution in [0.25, 0.3) is 0 Å². The number of likely N-dealkylation sites (tertiary alicyclic amines) is 1. The summed E-state index contributed by atoms with van der Waals surface area (Å²) in [4.78, 5) is 13.4. The SMILES string of the molecule is NCC1CCCN1C(=O)CNS(=O)(=O)c1ccc(OC(F)(F)F)cc1. The van der Waals surface area contributed by atoms with Crippen molar-refractivity contribution in [1.29, 1.82) is 0 Å². The van der Waals surface area contributed by atoms with Crippen LogP contribution in [-0.2, 0) is 14.8 Å². The molecule has 140 valence electrons. The van der Waals surface area contributed by atoms with Crippen molar-refractivity contribution in [1.82, 2.24) is 9.62 Å². The molecular weight excluding hydrogens is 363 g/mol. The largest absolute Gasteiger partial charge is 0.573 e. The Bertz CT molecular complexity index is 707. The Morgan fingerprint density at radius 2 is 1.96 bits per heavy atom. The molecular formula is C14H18F3N3O4S. The van der Waals surface area contributed by atoms with Gasteiger partial charge in [0.1, 0.15) is 5.75 Å². The zero-order valence-corrected chi connectivity index (χ0v) is 13.9. The second kappa shape index (κ2) is 7.58. The van der Waals surface area contributed by atoms with Crippen LogP contribution in [0.3, 0.4) is 0 Å². The first-order valence-corrected chi connectivity index (χ1v) is 8.96. The third-order valence-corrected chi connectivity index (χ3v) is 5.17. The first kappa shape index (κ1) is 19.5. The van der Waals surface area contributed by atoms with Gasteiger partial charge in [0.15, 0.2) is 0 Å². The Morgan fingerprint density at radius 1 is 1.32 bits per heavy atom. The normalized spacial score (nSPS) is 18.4. The molecule has 3 N–H and O–H groups in total. The third kappa shape index (κ3) is 5.31. The van der Waals surface area contributed by atoms with Gasteiger partial charge in [-0.15, -0.1) is 13.2 Å². The van der Waals surface area contributed by atoms with Crippen molar-refractivity contribution < 1.29 is 31.1 Å². The van der Waals surface area contributed by atoms with Gasteiger partial charge in [0, 0.05) is 19.1 Å². The smallest absolute Gasteiger partial charge is 0.406 e. The lowest BCUT2D eigenvalue weighted by Crippen LogP contribution is -2.45. The van der Waals surface area contributed by atoms with Gasteiger partial charge >= 0.3 is 6.36 Å². The lowest BCUT2D eigenvalue weighted by atomic mass is 10.2. The van der Waals surface area contributed by atoms with Crippen molar-refractivity contribution in [2.45, 2.75) is 30.1 Å². The molecule has 7 nitrogen and oxygen atoms in total. The number of benzene rings is 1. The number of nitrogens with zero attached hydrogens (tertiary/aromatic N) is 1. The van der Waals surface area contributed by atoms with Crippen LogP contribution in [0.4, 0.5) is 13.2 Å². The fourth-order valence-corrected chi connectivity index (χ4v) is 3.55. The molecule has 11 heteroatoms. The minimum absolute atomic E-state index is 0.101. The van der Waals surface area contributed by atoms with Crippen LogP contribution in [0.15, 0.2) is 29.2 Å². The Labute approximate surface area is 143 Å². The topological polar surface area (TPSA) is 102 Å². The number of hydrogen-bond acceptors (Lipinski definition) is 5. The van der Waals surface area contributed by atoms with E-state index in [1.54, 1.807) is 0 Å². The third-order valence-electron chi connectivity index (χ3n) is 3.75. The average molecular weight is 381 g/mol. The number of halogens is 3. The van der Waals surface area contributed by atoms with E-state index in [4.69, 9.17) is 5.73 Å². The first-order valence-electron chi connectivity index (χ1n) is 7.47. The quantitative estimate of drug-likeness (QED) is 0.760. The van der Waals surface area contributed by atoms with Gasteiger partial charge in [-0.2, -0.15) is 0 Å². The van der Waals surface area contributed by atoms with Crippen LogP contribution in [0.5, 0.6) is 5.75 Å². The molecule has 1 aromatic carbocycles. The molecule has 0 aliphatic carbocycles. The number of carbonyl (C=O) groups excluding carboxylic acids is 1. The number of alkyl halides is 3. The fourth-order valence-electron chi connectivity index (χ4n) is 2.57. The minimum atomic E-state index is -4.86. The molecule has 0 radical (unpaired) electrons. The van der Waals surface area contributed by atoms with E-state index < -0.39 is 34.6 Å². The summed E-state index contributed by atoms with van der Waals surface area (Å²) >= 11 is 0. The first-order chi connectivity index (χ1) is 11.6. The van der Waals surface area contributed by atoms with E-state index in [9.17, 15) is 26.4 Å². The average Bonchev–Trinajstić information content (AvgIpc) is 3.00. The highest BCUT2D eigenvalue weighted by Gasteiger charge is 2.31. The van der Waals surface area contributed by atoms with E-state index in [0.29, 0.717) is 13.1 Å². The Balaban J connectivity index is 1.98. The summed E-state index contributed by atoms with van der Waals surface area (Å²) in [5, 5.41) is 0. The van der Waals surface area contributed by atoms with Crippen LogP contribution in [0.2, 0.25) is 0 Å². The molecule has 25 heavy (non-hydrogen) atoms. The van der Waals surface area contributed by atoms with Gasteiger partial charge in [0.2, 0.25) is 15.9 Å². The molecule has 0 saturated carbocycles. The molecule has 1 atom stereocenters. The van der Waals surface area contributed by atoms with Crippen molar-refractivity contribution in [2.24, 2.45) is 5.73 Å². The molecule has 1 fully saturated rings. The molecule has 0 bridgehead atoms. The maximum Gasteiger partial charge on any atom is 0.573 e. The summed E-state index contributed by atoms with van der Waals surface area (Å²) in [6.07, 6.45) is -3.28. The summed E-state index contributed by atoms with van der Waals surface area (Å²) in [6.45, 7) is 0.380. The molecule has 2 rings (SSSR count). The van der Waals surface area contributed by atoms with Gasteiger partial charge in [-0.25, -0.2) is 13.1 Å². The van der Waals surface area contributed by atoms with E-state index in [0.717, 1.165) is 37.1 Å². The van der Waals surface area contributed by atoms with Crippen molar-refractivity contribution in [3.8, 4) is 5.75 Å². The van der Waals surface area contributed by atoms with Crippen molar-refractivity contribution in [3.05, 3.63) is 24.3 Å². The maximum absolute atomic E-state index is 12.1. The summed E-state index contributed by atoms with van der Waals surface area (Å²) < 4.78 is 66.3. The van der Waals surface area contributed by atoms with Crippen LogP contribution < -0.4 is 15.2 Å². The van der Waals surface area contributed by atoms with Crippen LogP contribution in [-0.4, -0.2) is 51.3 Å². The number of hydrogen-bond donors (Lipinski definition) is 2. The standard InChI is InChI=1S/C14H18F3N3O4S/c15-14(16,17)24-11-3-5-12(6-4-11)25(22,23)19-9-13(21)20-7-1-2-10(20)8-18/h3-6,10,19H,1-2,7-9,18H2. The Kier molecular flexibility index (Phi) is 5.91. The van der Waals surface area contributed by atoms with E-state index >= 15 is 0 Å². The highest BCUT2D eigenvalue weighted by atomic mass is 32.2. The predicted molar refractivity (Wildman–Crippen MR) is 82.1 cm³/mol. The maximum atomic E-state index is 12.1. The molecule has 1 unspecified atom stereocenters. The van der Waals surface area contributed by atoms with E-state index in [1.165, 1.54) is 4.90 Å². The number of carbonyl (C=O) groups is 1. The second-order valence-electron chi connectivity index (χ2n) is 5.46. The fraction of sp³-hybridized carbons (Fsp3) is 0.500. The van der Waals surface area contributed by atoms with Crippen molar-refractivity contribution in [2.75, 3.05) is 19.6 Å². The second-order valence-corrected chi connectivity index (χ2v) is 7.23. The van der Waals surface area contributed by atoms with Gasteiger partial charge in [-0.3, -0.25) is 4.79 Å². The molecule has 1 aliphatic rings. The molecule has 0 aromatic heterocycles. The van der Waals surface area contributed by atoms with E-state index in [1.807, 2.05) is 0 Å². The molecule has 1 saturated heterocycles. The zero-order chi connectivity index (χ0) is 18.7. The van der Waals surface area contributed by atoms with Crippen LogP contribution >= 0.6 is 0 Å². The van der Waals surface area contributed by atoms with E-state index in [-0.39, 0.29) is 10.9 Å². The zero-order valence-electron chi connectivity index (χ0n) is 13.1. The number of rotatable bonds is 6. The van der Waals surface area contributed by atoms with Crippen LogP contribution in [0, 0.1) is 0 Å². The summed E-state index contributed by atoms with van der Waals surface area (Å²) in [6, 6.07) is 3.60. The number of sulfonamides is 1. The monoisotopic (exact) mass is 381 g/mol. The molecule has 1 heterocycles.